The first-order valence-electron chi connectivity index (χ1n) is 5.55. The first kappa shape index (κ1) is 14.2. The van der Waals surface area contributed by atoms with Crippen LogP contribution in [-0.4, -0.2) is 23.2 Å². The molecule has 18 heavy (non-hydrogen) atoms. The van der Waals surface area contributed by atoms with E-state index in [0.29, 0.717) is 5.56 Å². The van der Waals surface area contributed by atoms with E-state index < -0.39 is 17.3 Å². The molecule has 1 amide bonds. The van der Waals surface area contributed by atoms with Crippen LogP contribution in [0.3, 0.4) is 0 Å². The summed E-state index contributed by atoms with van der Waals surface area (Å²) in [6, 6.07) is 4.03. The van der Waals surface area contributed by atoms with Crippen LogP contribution in [0.4, 0.5) is 4.39 Å². The number of aliphatic hydroxyl groups excluding tert-OH is 1. The molecule has 0 saturated heterocycles. The van der Waals surface area contributed by atoms with E-state index in [1.807, 2.05) is 20.8 Å². The minimum Gasteiger partial charge on any atom is -0.384 e. The maximum Gasteiger partial charge on any atom is 0.254 e. The Morgan fingerprint density at radius 3 is 2.67 bits per heavy atom. The third-order valence-corrected chi connectivity index (χ3v) is 2.01. The van der Waals surface area contributed by atoms with Crippen molar-refractivity contribution in [3.8, 4) is 11.8 Å². The maximum atomic E-state index is 13.6. The molecule has 0 atom stereocenters. The van der Waals surface area contributed by atoms with Gasteiger partial charge in [0, 0.05) is 11.1 Å². The largest absolute Gasteiger partial charge is 0.384 e. The molecule has 1 aromatic rings. The summed E-state index contributed by atoms with van der Waals surface area (Å²) in [7, 11) is 0. The highest BCUT2D eigenvalue weighted by molar-refractivity contribution is 5.95. The molecule has 0 fully saturated rings. The van der Waals surface area contributed by atoms with Crippen LogP contribution in [0.1, 0.15) is 36.7 Å². The average molecular weight is 249 g/mol. The van der Waals surface area contributed by atoms with Gasteiger partial charge in [-0.05, 0) is 39.0 Å². The fourth-order valence-electron chi connectivity index (χ4n) is 1.33. The Hall–Kier alpha value is -1.86. The van der Waals surface area contributed by atoms with Crippen molar-refractivity contribution in [2.24, 2.45) is 0 Å². The van der Waals surface area contributed by atoms with Crippen LogP contribution in [0.2, 0.25) is 0 Å². The Morgan fingerprint density at radius 2 is 2.11 bits per heavy atom. The summed E-state index contributed by atoms with van der Waals surface area (Å²) in [5, 5.41) is 11.3. The lowest BCUT2D eigenvalue weighted by atomic mass is 10.1. The van der Waals surface area contributed by atoms with Gasteiger partial charge in [0.2, 0.25) is 0 Å². The number of benzene rings is 1. The molecule has 0 aliphatic carbocycles. The molecule has 2 N–H and O–H groups in total. The van der Waals surface area contributed by atoms with Gasteiger partial charge in [-0.15, -0.1) is 0 Å². The first-order chi connectivity index (χ1) is 8.33. The summed E-state index contributed by atoms with van der Waals surface area (Å²) in [5.74, 6) is 4.01. The Kier molecular flexibility index (Phi) is 4.46. The molecular weight excluding hydrogens is 233 g/mol. The normalized spacial score (nSPS) is 10.5. The second-order valence-corrected chi connectivity index (χ2v) is 4.86. The van der Waals surface area contributed by atoms with Crippen molar-refractivity contribution >= 4 is 5.91 Å². The van der Waals surface area contributed by atoms with Crippen molar-refractivity contribution < 1.29 is 14.3 Å². The number of carbonyl (C=O) groups excluding carboxylic acids is 1. The van der Waals surface area contributed by atoms with Gasteiger partial charge in [-0.25, -0.2) is 4.39 Å². The van der Waals surface area contributed by atoms with E-state index in [1.54, 1.807) is 0 Å². The van der Waals surface area contributed by atoms with Crippen molar-refractivity contribution in [1.82, 2.24) is 5.32 Å². The van der Waals surface area contributed by atoms with E-state index in [4.69, 9.17) is 5.11 Å². The standard InChI is InChI=1S/C14H16FNO2/c1-14(2,3)16-13(18)11-9-10(5-4-8-17)6-7-12(11)15/h6-7,9,17H,8H2,1-3H3,(H,16,18). The SMILES string of the molecule is CC(C)(C)NC(=O)c1cc(C#CCO)ccc1F. The summed E-state index contributed by atoms with van der Waals surface area (Å²) < 4.78 is 13.6. The van der Waals surface area contributed by atoms with Crippen LogP contribution in [0, 0.1) is 17.7 Å². The van der Waals surface area contributed by atoms with E-state index >= 15 is 0 Å². The monoisotopic (exact) mass is 249 g/mol. The molecule has 0 radical (unpaired) electrons. The van der Waals surface area contributed by atoms with E-state index in [-0.39, 0.29) is 12.2 Å². The average Bonchev–Trinajstić information content (AvgIpc) is 2.25. The van der Waals surface area contributed by atoms with Gasteiger partial charge in [-0.2, -0.15) is 0 Å². The third-order valence-electron chi connectivity index (χ3n) is 2.01. The molecule has 3 nitrogen and oxygen atoms in total. The predicted molar refractivity (Wildman–Crippen MR) is 67.6 cm³/mol. The number of rotatable bonds is 1. The molecule has 96 valence electrons. The molecule has 1 rings (SSSR count). The molecule has 0 spiro atoms. The summed E-state index contributed by atoms with van der Waals surface area (Å²) in [6.07, 6.45) is 0. The van der Waals surface area contributed by atoms with Crippen LogP contribution in [-0.2, 0) is 0 Å². The van der Waals surface area contributed by atoms with Crippen molar-refractivity contribution in [1.29, 1.82) is 0 Å². The van der Waals surface area contributed by atoms with E-state index in [9.17, 15) is 9.18 Å². The molecule has 0 heterocycles. The first-order valence-corrected chi connectivity index (χ1v) is 5.55. The van der Waals surface area contributed by atoms with Crippen LogP contribution in [0.5, 0.6) is 0 Å². The van der Waals surface area contributed by atoms with Gasteiger partial charge in [-0.3, -0.25) is 4.79 Å². The highest BCUT2D eigenvalue weighted by Gasteiger charge is 2.18. The number of aliphatic hydroxyl groups is 1. The summed E-state index contributed by atoms with van der Waals surface area (Å²) in [5.41, 5.74) is 0.00946. The Labute approximate surface area is 106 Å². The molecule has 0 aromatic heterocycles. The fourth-order valence-corrected chi connectivity index (χ4v) is 1.33. The third kappa shape index (κ3) is 4.19. The van der Waals surface area contributed by atoms with Gasteiger partial charge >= 0.3 is 0 Å². The van der Waals surface area contributed by atoms with Crippen molar-refractivity contribution in [3.63, 3.8) is 0 Å². The topological polar surface area (TPSA) is 49.3 Å². The highest BCUT2D eigenvalue weighted by Crippen LogP contribution is 2.12. The van der Waals surface area contributed by atoms with Gasteiger partial charge in [-0.1, -0.05) is 11.8 Å². The van der Waals surface area contributed by atoms with Crippen LogP contribution in [0.15, 0.2) is 18.2 Å². The molecule has 0 bridgehead atoms. The lowest BCUT2D eigenvalue weighted by Crippen LogP contribution is -2.40. The van der Waals surface area contributed by atoms with Gasteiger partial charge in [0.1, 0.15) is 12.4 Å². The number of nitrogens with one attached hydrogen (secondary N) is 1. The summed E-state index contributed by atoms with van der Waals surface area (Å²) in [6.45, 7) is 5.18. The van der Waals surface area contributed by atoms with Crippen LogP contribution in [0.25, 0.3) is 0 Å². The van der Waals surface area contributed by atoms with Crippen LogP contribution < -0.4 is 5.32 Å². The Balaban J connectivity index is 3.04. The van der Waals surface area contributed by atoms with Gasteiger partial charge < -0.3 is 10.4 Å². The Morgan fingerprint density at radius 1 is 1.44 bits per heavy atom. The van der Waals surface area contributed by atoms with E-state index in [1.165, 1.54) is 18.2 Å². The van der Waals surface area contributed by atoms with E-state index in [2.05, 4.69) is 17.2 Å². The maximum absolute atomic E-state index is 13.6. The van der Waals surface area contributed by atoms with Crippen molar-refractivity contribution in [2.45, 2.75) is 26.3 Å². The quantitative estimate of drug-likeness (QED) is 0.744. The smallest absolute Gasteiger partial charge is 0.254 e. The minimum atomic E-state index is -0.591. The van der Waals surface area contributed by atoms with Crippen molar-refractivity contribution in [3.05, 3.63) is 35.1 Å². The molecule has 4 heteroatoms. The molecule has 0 aliphatic rings. The van der Waals surface area contributed by atoms with Gasteiger partial charge in [0.25, 0.3) is 5.91 Å². The number of halogens is 1. The summed E-state index contributed by atoms with van der Waals surface area (Å²) >= 11 is 0. The zero-order valence-corrected chi connectivity index (χ0v) is 10.7. The second kappa shape index (κ2) is 5.65. The zero-order valence-electron chi connectivity index (χ0n) is 10.7. The number of hydrogen-bond donors (Lipinski definition) is 2. The summed E-state index contributed by atoms with van der Waals surface area (Å²) in [4.78, 5) is 11.9. The molecule has 1 aromatic carbocycles. The van der Waals surface area contributed by atoms with E-state index in [0.717, 1.165) is 0 Å². The lowest BCUT2D eigenvalue weighted by Gasteiger charge is -2.20. The van der Waals surface area contributed by atoms with Crippen LogP contribution >= 0.6 is 0 Å². The van der Waals surface area contributed by atoms with Crippen molar-refractivity contribution in [2.75, 3.05) is 6.61 Å². The molecular formula is C14H16FNO2. The minimum absolute atomic E-state index is 0.0466. The van der Waals surface area contributed by atoms with Gasteiger partial charge in [0.15, 0.2) is 0 Å². The number of amides is 1. The lowest BCUT2D eigenvalue weighted by molar-refractivity contribution is 0.0915. The number of carbonyl (C=O) groups is 1. The highest BCUT2D eigenvalue weighted by atomic mass is 19.1. The predicted octanol–water partition coefficient (Wildman–Crippen LogP) is 1.70. The van der Waals surface area contributed by atoms with Gasteiger partial charge in [0.05, 0.1) is 5.56 Å². The zero-order chi connectivity index (χ0) is 13.8. The molecule has 0 aliphatic heterocycles. The Bertz CT molecular complexity index is 507. The molecule has 0 unspecified atom stereocenters. The molecule has 0 saturated carbocycles. The fraction of sp³-hybridized carbons (Fsp3) is 0.357. The number of hydrogen-bond acceptors (Lipinski definition) is 2. The second-order valence-electron chi connectivity index (χ2n) is 4.86.